The molecule has 1 aromatic rings. The van der Waals surface area contributed by atoms with Crippen LogP contribution >= 0.6 is 15.9 Å². The molecule has 0 radical (unpaired) electrons. The fourth-order valence-electron chi connectivity index (χ4n) is 1.03. The Morgan fingerprint density at radius 1 is 1.53 bits per heavy atom. The highest BCUT2D eigenvalue weighted by molar-refractivity contribution is 9.10. The van der Waals surface area contributed by atoms with E-state index in [9.17, 15) is 4.79 Å². The minimum atomic E-state index is -0.374. The first-order valence-electron chi connectivity index (χ1n) is 4.39. The van der Waals surface area contributed by atoms with Crippen LogP contribution in [0.25, 0.3) is 0 Å². The van der Waals surface area contributed by atoms with E-state index in [-0.39, 0.29) is 5.97 Å². The quantitative estimate of drug-likeness (QED) is 0.847. The number of hydrogen-bond donors (Lipinski definition) is 1. The molecule has 0 unspecified atom stereocenters. The normalized spacial score (nSPS) is 9.80. The van der Waals surface area contributed by atoms with Crippen molar-refractivity contribution in [3.05, 3.63) is 28.2 Å². The predicted molar refractivity (Wildman–Crippen MR) is 60.0 cm³/mol. The number of methoxy groups -OCH3 is 1. The van der Waals surface area contributed by atoms with Gasteiger partial charge in [-0.25, -0.2) is 4.79 Å². The highest BCUT2D eigenvalue weighted by atomic mass is 79.9. The molecule has 0 saturated carbocycles. The fourth-order valence-corrected chi connectivity index (χ4v) is 1.52. The largest absolute Gasteiger partial charge is 0.491 e. The number of halogens is 1. The molecule has 0 aromatic heterocycles. The summed E-state index contributed by atoms with van der Waals surface area (Å²) in [5.74, 6) is 0.286. The van der Waals surface area contributed by atoms with Crippen LogP contribution in [0.2, 0.25) is 0 Å². The Balaban J connectivity index is 2.83. The Bertz CT molecular complexity index is 355. The van der Waals surface area contributed by atoms with Crippen molar-refractivity contribution in [1.29, 1.82) is 0 Å². The van der Waals surface area contributed by atoms with Crippen molar-refractivity contribution >= 4 is 21.9 Å². The molecule has 0 atom stereocenters. The monoisotopic (exact) mass is 273 g/mol. The first-order valence-corrected chi connectivity index (χ1v) is 5.19. The molecule has 0 saturated heterocycles. The van der Waals surface area contributed by atoms with Gasteiger partial charge in [-0.1, -0.05) is 0 Å². The van der Waals surface area contributed by atoms with Crippen LogP contribution in [0.3, 0.4) is 0 Å². The zero-order valence-corrected chi connectivity index (χ0v) is 9.91. The van der Waals surface area contributed by atoms with Crippen molar-refractivity contribution in [2.45, 2.75) is 0 Å². The van der Waals surface area contributed by atoms with Gasteiger partial charge in [-0.3, -0.25) is 0 Å². The lowest BCUT2D eigenvalue weighted by molar-refractivity contribution is 0.0600. The van der Waals surface area contributed by atoms with Crippen LogP contribution in [-0.4, -0.2) is 26.2 Å². The Labute approximate surface area is 96.5 Å². The predicted octanol–water partition coefficient (Wildman–Crippen LogP) is 1.57. The van der Waals surface area contributed by atoms with Crippen LogP contribution in [0.4, 0.5) is 0 Å². The smallest absolute Gasteiger partial charge is 0.337 e. The summed E-state index contributed by atoms with van der Waals surface area (Å²) in [7, 11) is 1.34. The standard InChI is InChI=1S/C10H12BrNO3/c1-14-10(13)7-2-3-9(8(11)6-7)15-5-4-12/h2-3,6H,4-5,12H2,1H3. The molecule has 82 valence electrons. The number of ether oxygens (including phenoxy) is 2. The van der Waals surface area contributed by atoms with Gasteiger partial charge in [0.2, 0.25) is 0 Å². The van der Waals surface area contributed by atoms with Gasteiger partial charge >= 0.3 is 5.97 Å². The molecule has 0 spiro atoms. The van der Waals surface area contributed by atoms with Crippen LogP contribution in [0.5, 0.6) is 5.75 Å². The molecule has 0 heterocycles. The Hall–Kier alpha value is -1.07. The van der Waals surface area contributed by atoms with Crippen molar-refractivity contribution in [2.75, 3.05) is 20.3 Å². The summed E-state index contributed by atoms with van der Waals surface area (Å²) in [4.78, 5) is 11.2. The van der Waals surface area contributed by atoms with Crippen LogP contribution in [-0.2, 0) is 4.74 Å². The van der Waals surface area contributed by atoms with Crippen LogP contribution in [0.15, 0.2) is 22.7 Å². The molecule has 4 nitrogen and oxygen atoms in total. The lowest BCUT2D eigenvalue weighted by Crippen LogP contribution is -2.11. The van der Waals surface area contributed by atoms with Gasteiger partial charge in [0.1, 0.15) is 12.4 Å². The molecular formula is C10H12BrNO3. The topological polar surface area (TPSA) is 61.5 Å². The van der Waals surface area contributed by atoms with E-state index in [0.29, 0.717) is 28.9 Å². The van der Waals surface area contributed by atoms with Gasteiger partial charge < -0.3 is 15.2 Å². The van der Waals surface area contributed by atoms with Crippen LogP contribution in [0.1, 0.15) is 10.4 Å². The molecule has 0 aliphatic carbocycles. The zero-order chi connectivity index (χ0) is 11.3. The second-order valence-corrected chi connectivity index (χ2v) is 3.63. The molecule has 0 amide bonds. The van der Waals surface area contributed by atoms with Gasteiger partial charge in [-0.15, -0.1) is 0 Å². The van der Waals surface area contributed by atoms with E-state index >= 15 is 0 Å². The minimum absolute atomic E-state index is 0.374. The van der Waals surface area contributed by atoms with E-state index in [0.717, 1.165) is 0 Å². The first-order chi connectivity index (χ1) is 7.19. The van der Waals surface area contributed by atoms with Crippen molar-refractivity contribution in [3.63, 3.8) is 0 Å². The SMILES string of the molecule is COC(=O)c1ccc(OCCN)c(Br)c1. The van der Waals surface area contributed by atoms with Gasteiger partial charge in [0, 0.05) is 6.54 Å². The maximum absolute atomic E-state index is 11.2. The summed E-state index contributed by atoms with van der Waals surface area (Å²) in [6.45, 7) is 0.890. The molecule has 2 N–H and O–H groups in total. The average molecular weight is 274 g/mol. The summed E-state index contributed by atoms with van der Waals surface area (Å²) in [5.41, 5.74) is 5.79. The Morgan fingerprint density at radius 3 is 2.80 bits per heavy atom. The molecule has 0 fully saturated rings. The Kier molecular flexibility index (Phi) is 4.58. The number of esters is 1. The van der Waals surface area contributed by atoms with Gasteiger partial charge in [-0.05, 0) is 34.1 Å². The number of carbonyl (C=O) groups is 1. The number of benzene rings is 1. The van der Waals surface area contributed by atoms with Crippen LogP contribution < -0.4 is 10.5 Å². The molecule has 5 heteroatoms. The summed E-state index contributed by atoms with van der Waals surface area (Å²) >= 11 is 3.30. The third-order valence-electron chi connectivity index (χ3n) is 1.73. The lowest BCUT2D eigenvalue weighted by Gasteiger charge is -2.07. The van der Waals surface area contributed by atoms with E-state index in [1.807, 2.05) is 0 Å². The highest BCUT2D eigenvalue weighted by Crippen LogP contribution is 2.26. The molecule has 0 bridgehead atoms. The zero-order valence-electron chi connectivity index (χ0n) is 8.33. The number of carbonyl (C=O) groups excluding carboxylic acids is 1. The first kappa shape index (κ1) is 12.0. The van der Waals surface area contributed by atoms with E-state index < -0.39 is 0 Å². The number of hydrogen-bond acceptors (Lipinski definition) is 4. The summed E-state index contributed by atoms with van der Waals surface area (Å²) in [6, 6.07) is 4.99. The van der Waals surface area contributed by atoms with E-state index in [4.69, 9.17) is 10.5 Å². The summed E-state index contributed by atoms with van der Waals surface area (Å²) in [5, 5.41) is 0. The van der Waals surface area contributed by atoms with Crippen LogP contribution in [0, 0.1) is 0 Å². The average Bonchev–Trinajstić information content (AvgIpc) is 2.26. The molecule has 1 aromatic carbocycles. The third-order valence-corrected chi connectivity index (χ3v) is 2.35. The molecule has 0 aliphatic heterocycles. The summed E-state index contributed by atoms with van der Waals surface area (Å²) in [6.07, 6.45) is 0. The third kappa shape index (κ3) is 3.21. The van der Waals surface area contributed by atoms with Gasteiger partial charge in [0.15, 0.2) is 0 Å². The van der Waals surface area contributed by atoms with Crippen molar-refractivity contribution in [1.82, 2.24) is 0 Å². The number of rotatable bonds is 4. The maximum atomic E-state index is 11.2. The van der Waals surface area contributed by atoms with Crippen molar-refractivity contribution in [2.24, 2.45) is 5.73 Å². The summed E-state index contributed by atoms with van der Waals surface area (Å²) < 4.78 is 10.6. The Morgan fingerprint density at radius 2 is 2.27 bits per heavy atom. The van der Waals surface area contributed by atoms with Gasteiger partial charge in [0.05, 0.1) is 17.1 Å². The second-order valence-electron chi connectivity index (χ2n) is 2.77. The molecule has 15 heavy (non-hydrogen) atoms. The fraction of sp³-hybridized carbons (Fsp3) is 0.300. The second kappa shape index (κ2) is 5.72. The minimum Gasteiger partial charge on any atom is -0.491 e. The molecule has 1 rings (SSSR count). The van der Waals surface area contributed by atoms with Gasteiger partial charge in [-0.2, -0.15) is 0 Å². The molecule has 0 aliphatic rings. The maximum Gasteiger partial charge on any atom is 0.337 e. The molecular weight excluding hydrogens is 262 g/mol. The van der Waals surface area contributed by atoms with E-state index in [1.165, 1.54) is 7.11 Å². The number of nitrogens with two attached hydrogens (primary N) is 1. The van der Waals surface area contributed by atoms with E-state index in [2.05, 4.69) is 20.7 Å². The van der Waals surface area contributed by atoms with E-state index in [1.54, 1.807) is 18.2 Å². The van der Waals surface area contributed by atoms with Crippen molar-refractivity contribution in [3.8, 4) is 5.75 Å². The highest BCUT2D eigenvalue weighted by Gasteiger charge is 2.08. The lowest BCUT2D eigenvalue weighted by atomic mass is 10.2. The van der Waals surface area contributed by atoms with Crippen molar-refractivity contribution < 1.29 is 14.3 Å². The van der Waals surface area contributed by atoms with Gasteiger partial charge in [0.25, 0.3) is 0 Å².